The van der Waals surface area contributed by atoms with Gasteiger partial charge in [-0.3, -0.25) is 19.4 Å². The minimum Gasteiger partial charge on any atom is -0.561 e. The largest absolute Gasteiger partial charge is 0.561 e. The number of rotatable bonds is 7. The number of aliphatic hydroxyl groups is 1. The molecule has 3 atom stereocenters. The van der Waals surface area contributed by atoms with Crippen molar-refractivity contribution in [2.75, 3.05) is 37.6 Å². The number of carboxylic acid groups (broad SMARTS) is 1. The molecule has 0 bridgehead atoms. The third kappa shape index (κ3) is 4.19. The Morgan fingerprint density at radius 3 is 2.49 bits per heavy atom. The highest BCUT2D eigenvalue weighted by Crippen LogP contribution is 2.50. The summed E-state index contributed by atoms with van der Waals surface area (Å²) in [5, 5.41) is 28.8. The van der Waals surface area contributed by atoms with Crippen molar-refractivity contribution in [3.8, 4) is 0 Å². The lowest BCUT2D eigenvalue weighted by molar-refractivity contribution is -0.301. The van der Waals surface area contributed by atoms with Crippen LogP contribution in [0.5, 0.6) is 0 Å². The number of aromatic nitrogens is 1. The van der Waals surface area contributed by atoms with Gasteiger partial charge in [0.2, 0.25) is 11.3 Å². The summed E-state index contributed by atoms with van der Waals surface area (Å²) in [5.41, 5.74) is -0.196. The molecule has 13 heteroatoms. The van der Waals surface area contributed by atoms with Crippen LogP contribution >= 0.6 is 11.8 Å². The van der Waals surface area contributed by atoms with Crippen molar-refractivity contribution in [3.05, 3.63) is 50.5 Å². The molecule has 3 aliphatic heterocycles. The smallest absolute Gasteiger partial charge is 0.554 e. The second-order valence-corrected chi connectivity index (χ2v) is 11.7. The van der Waals surface area contributed by atoms with E-state index >= 15 is 4.39 Å². The van der Waals surface area contributed by atoms with Gasteiger partial charge in [0.1, 0.15) is 11.2 Å². The predicted molar refractivity (Wildman–Crippen MR) is 138 cm³/mol. The SMILES string of the molecule is CC(O)[C@H]1C(=O)N2C(C(=O)[O-])=C(CN3CCN(c4cc5c(cc4F)c(=O)c(C(=O)[OH2+])cn5C4CC4)CC3)SC12. The van der Waals surface area contributed by atoms with Crippen molar-refractivity contribution in [2.45, 2.75) is 37.3 Å². The lowest BCUT2D eigenvalue weighted by Crippen LogP contribution is -2.61. The molecule has 0 spiro atoms. The van der Waals surface area contributed by atoms with E-state index in [1.165, 1.54) is 29.8 Å². The monoisotopic (exact) mass is 558 g/mol. The number of carbonyl (C=O) groups is 3. The molecule has 1 aromatic heterocycles. The first-order chi connectivity index (χ1) is 18.6. The number of hydrogen-bond acceptors (Lipinski definition) is 9. The highest BCUT2D eigenvalue weighted by Gasteiger charge is 2.56. The standard InChI is InChI=1S/C26H27FN4O7S/c1-12(32)20-23(34)31-21(26(37)38)19(39-24(20)31)11-28-4-6-29(7-5-28)18-9-17-14(8-16(18)27)22(33)15(25(35)36)10-30(17)13-2-3-13/h8-10,12-13,20,24,32H,2-7,11H2,1H3,(H,35,36)(H,37,38)/t12?,20-,24?/m0/s1. The number of thioether (sulfide) groups is 1. The molecule has 4 aliphatic rings. The Morgan fingerprint density at radius 1 is 1.21 bits per heavy atom. The quantitative estimate of drug-likeness (QED) is 0.345. The zero-order valence-corrected chi connectivity index (χ0v) is 21.9. The number of aliphatic hydroxyl groups excluding tert-OH is 1. The van der Waals surface area contributed by atoms with Crippen molar-refractivity contribution >= 4 is 46.2 Å². The molecule has 0 radical (unpaired) electrons. The lowest BCUT2D eigenvalue weighted by Gasteiger charge is -2.44. The Bertz CT molecular complexity index is 1510. The fourth-order valence-electron chi connectivity index (χ4n) is 5.72. The van der Waals surface area contributed by atoms with Gasteiger partial charge in [0.05, 0.1) is 34.9 Å². The number of fused-ring (bicyclic) bond motifs is 2. The molecule has 3 fully saturated rings. The molecule has 11 nitrogen and oxygen atoms in total. The first-order valence-corrected chi connectivity index (χ1v) is 13.7. The normalized spacial score (nSPS) is 24.2. The molecule has 2 saturated heterocycles. The molecule has 206 valence electrons. The van der Waals surface area contributed by atoms with E-state index in [4.69, 9.17) is 5.11 Å². The Morgan fingerprint density at radius 2 is 1.90 bits per heavy atom. The topological polar surface area (TPSA) is 149 Å². The number of anilines is 1. The van der Waals surface area contributed by atoms with Crippen LogP contribution in [0.4, 0.5) is 10.1 Å². The fraction of sp³-hybridized carbons (Fsp3) is 0.462. The maximum absolute atomic E-state index is 15.3. The number of β-lactam (4-membered cyclic amide) rings is 1. The van der Waals surface area contributed by atoms with Gasteiger partial charge in [-0.2, -0.15) is 0 Å². The Balaban J connectivity index is 1.21. The maximum atomic E-state index is 15.3. The zero-order valence-electron chi connectivity index (χ0n) is 21.1. The zero-order chi connectivity index (χ0) is 27.7. The van der Waals surface area contributed by atoms with Gasteiger partial charge >= 0.3 is 5.97 Å². The number of nitrogens with zero attached hydrogens (tertiary/aromatic N) is 4. The van der Waals surface area contributed by atoms with Crippen LogP contribution in [0, 0.1) is 11.7 Å². The second kappa shape index (κ2) is 9.35. The van der Waals surface area contributed by atoms with E-state index in [1.54, 1.807) is 10.6 Å². The maximum Gasteiger partial charge on any atom is 0.554 e. The highest BCUT2D eigenvalue weighted by atomic mass is 32.2. The molecule has 1 aromatic carbocycles. The van der Waals surface area contributed by atoms with Crippen molar-refractivity contribution in [2.24, 2.45) is 5.92 Å². The fourth-order valence-corrected chi connectivity index (χ4v) is 7.37. The first-order valence-electron chi connectivity index (χ1n) is 12.8. The summed E-state index contributed by atoms with van der Waals surface area (Å²) in [6.45, 7) is 3.70. The van der Waals surface area contributed by atoms with Gasteiger partial charge in [0.25, 0.3) is 0 Å². The number of carboxylic acids is 1. The van der Waals surface area contributed by atoms with Gasteiger partial charge < -0.3 is 29.6 Å². The van der Waals surface area contributed by atoms with Gasteiger partial charge in [-0.25, -0.2) is 4.39 Å². The van der Waals surface area contributed by atoms with Crippen LogP contribution in [0.2, 0.25) is 0 Å². The van der Waals surface area contributed by atoms with Crippen LogP contribution in [0.25, 0.3) is 10.9 Å². The molecular weight excluding hydrogens is 531 g/mol. The molecule has 6 rings (SSSR count). The van der Waals surface area contributed by atoms with E-state index in [0.717, 1.165) is 18.9 Å². The average molecular weight is 559 g/mol. The summed E-state index contributed by atoms with van der Waals surface area (Å²) in [6, 6.07) is 2.88. The highest BCUT2D eigenvalue weighted by molar-refractivity contribution is 8.04. The van der Waals surface area contributed by atoms with Gasteiger partial charge in [0, 0.05) is 60.0 Å². The molecule has 39 heavy (non-hydrogen) atoms. The summed E-state index contributed by atoms with van der Waals surface area (Å²) in [6.07, 6.45) is 2.27. The number of halogens is 1. The van der Waals surface area contributed by atoms with Crippen molar-refractivity contribution in [1.29, 1.82) is 0 Å². The Kier molecular flexibility index (Phi) is 6.19. The molecule has 1 saturated carbocycles. The summed E-state index contributed by atoms with van der Waals surface area (Å²) >= 11 is 1.27. The van der Waals surface area contributed by atoms with E-state index in [2.05, 4.69) is 0 Å². The van der Waals surface area contributed by atoms with E-state index in [1.807, 2.05) is 9.80 Å². The number of piperazine rings is 1. The summed E-state index contributed by atoms with van der Waals surface area (Å²) in [5.74, 6) is -4.18. The van der Waals surface area contributed by atoms with E-state index < -0.39 is 46.5 Å². The van der Waals surface area contributed by atoms with E-state index in [-0.39, 0.29) is 22.7 Å². The molecule has 4 heterocycles. The minimum absolute atomic E-state index is 0.0783. The third-order valence-corrected chi connectivity index (χ3v) is 9.28. The Hall–Kier alpha value is -3.42. The van der Waals surface area contributed by atoms with Crippen LogP contribution in [0.15, 0.2) is 33.7 Å². The molecule has 1 amide bonds. The van der Waals surface area contributed by atoms with Gasteiger partial charge in [-0.05, 0) is 31.9 Å². The van der Waals surface area contributed by atoms with E-state index in [9.17, 15) is 29.4 Å². The summed E-state index contributed by atoms with van der Waals surface area (Å²) < 4.78 is 17.1. The van der Waals surface area contributed by atoms with Gasteiger partial charge in [-0.15, -0.1) is 11.8 Å². The number of aliphatic carboxylic acids is 1. The predicted octanol–water partition coefficient (Wildman–Crippen LogP) is -0.664. The number of pyridine rings is 1. The number of carbonyl (C=O) groups excluding carboxylic acids is 3. The summed E-state index contributed by atoms with van der Waals surface area (Å²) in [7, 11) is 0. The van der Waals surface area contributed by atoms with Crippen LogP contribution in [-0.2, 0) is 9.59 Å². The van der Waals surface area contributed by atoms with Crippen molar-refractivity contribution in [3.63, 3.8) is 0 Å². The second-order valence-electron chi connectivity index (χ2n) is 10.5. The van der Waals surface area contributed by atoms with E-state index in [0.29, 0.717) is 48.8 Å². The van der Waals surface area contributed by atoms with Gasteiger partial charge in [-0.1, -0.05) is 0 Å². The first kappa shape index (κ1) is 25.8. The Labute approximate surface area is 226 Å². The molecule has 2 unspecified atom stereocenters. The van der Waals surface area contributed by atoms with Crippen molar-refractivity contribution in [1.82, 2.24) is 14.4 Å². The third-order valence-electron chi connectivity index (χ3n) is 7.93. The molecule has 2 aromatic rings. The van der Waals surface area contributed by atoms with Crippen LogP contribution in [0.3, 0.4) is 0 Å². The van der Waals surface area contributed by atoms with Crippen LogP contribution in [0.1, 0.15) is 36.2 Å². The van der Waals surface area contributed by atoms with Crippen LogP contribution in [-0.4, -0.2) is 86.6 Å². The van der Waals surface area contributed by atoms with Crippen molar-refractivity contribution < 1.29 is 34.1 Å². The molecule has 3 N–H and O–H groups in total. The van der Waals surface area contributed by atoms with Gasteiger partial charge in [0.15, 0.2) is 5.56 Å². The number of hydrogen-bond donors (Lipinski definition) is 1. The average Bonchev–Trinajstić information content (AvgIpc) is 3.67. The number of benzene rings is 1. The van der Waals surface area contributed by atoms with Crippen LogP contribution < -0.4 is 15.4 Å². The minimum atomic E-state index is -1.42. The summed E-state index contributed by atoms with van der Waals surface area (Å²) in [4.78, 5) is 54.4. The molecule has 1 aliphatic carbocycles. The molecular formula is C26H27FN4O7S. The number of amides is 1. The lowest BCUT2D eigenvalue weighted by atomic mass is 9.92.